The number of fused-ring (bicyclic) bond motifs is 1. The standard InChI is InChI=1S/C31H32ClN3O3/c1-4-5-8-15-38-23-13-11-21(12-14-23)30-27-28(26-20(3)16-19(2)17-25(26)36)33-34-29(27)31(37)35(30)18-22-9-6-7-10-24(22)32/h6-7,9-14,16-17,30,36H,4-5,8,15,18H2,1-3H3,(H,33,34). The number of aromatic amines is 1. The number of aromatic hydroxyl groups is 1. The van der Waals surface area contributed by atoms with Gasteiger partial charge in [-0.2, -0.15) is 5.10 Å². The number of amides is 1. The molecule has 5 rings (SSSR count). The fourth-order valence-corrected chi connectivity index (χ4v) is 5.44. The van der Waals surface area contributed by atoms with Crippen LogP contribution in [0.25, 0.3) is 11.3 Å². The van der Waals surface area contributed by atoms with E-state index >= 15 is 0 Å². The minimum atomic E-state index is -0.420. The van der Waals surface area contributed by atoms with E-state index in [1.165, 1.54) is 0 Å². The van der Waals surface area contributed by atoms with Crippen molar-refractivity contribution in [2.45, 2.75) is 52.6 Å². The van der Waals surface area contributed by atoms with Crippen molar-refractivity contribution in [3.05, 3.63) is 99.2 Å². The quantitative estimate of drug-likeness (QED) is 0.222. The van der Waals surface area contributed by atoms with Crippen molar-refractivity contribution < 1.29 is 14.6 Å². The van der Waals surface area contributed by atoms with Crippen LogP contribution in [0.15, 0.2) is 60.7 Å². The van der Waals surface area contributed by atoms with Gasteiger partial charge in [0.2, 0.25) is 0 Å². The fourth-order valence-electron chi connectivity index (χ4n) is 5.25. The van der Waals surface area contributed by atoms with Crippen molar-refractivity contribution in [3.8, 4) is 22.8 Å². The topological polar surface area (TPSA) is 78.5 Å². The molecule has 0 aliphatic carbocycles. The minimum Gasteiger partial charge on any atom is -0.507 e. The van der Waals surface area contributed by atoms with E-state index in [2.05, 4.69) is 17.1 Å². The number of aryl methyl sites for hydroxylation is 2. The van der Waals surface area contributed by atoms with Gasteiger partial charge >= 0.3 is 0 Å². The number of hydrogen-bond donors (Lipinski definition) is 2. The normalized spacial score (nSPS) is 14.7. The molecule has 1 atom stereocenters. The number of H-pyrrole nitrogens is 1. The van der Waals surface area contributed by atoms with E-state index in [1.54, 1.807) is 6.07 Å². The second kappa shape index (κ2) is 10.9. The molecule has 1 aliphatic heterocycles. The first-order valence-electron chi connectivity index (χ1n) is 13.0. The van der Waals surface area contributed by atoms with E-state index < -0.39 is 6.04 Å². The van der Waals surface area contributed by atoms with Crippen LogP contribution in [0.1, 0.15) is 70.5 Å². The number of benzene rings is 3. The highest BCUT2D eigenvalue weighted by Gasteiger charge is 2.43. The smallest absolute Gasteiger partial charge is 0.273 e. The number of carbonyl (C=O) groups excluding carboxylic acids is 1. The molecule has 1 amide bonds. The summed E-state index contributed by atoms with van der Waals surface area (Å²) in [6, 6.07) is 18.8. The molecule has 0 saturated carbocycles. The van der Waals surface area contributed by atoms with Crippen molar-refractivity contribution in [1.82, 2.24) is 15.1 Å². The highest BCUT2D eigenvalue weighted by molar-refractivity contribution is 6.31. The van der Waals surface area contributed by atoms with Crippen LogP contribution in [0.3, 0.4) is 0 Å². The molecule has 7 heteroatoms. The summed E-state index contributed by atoms with van der Waals surface area (Å²) in [5, 5.41) is 19.0. The van der Waals surface area contributed by atoms with Crippen LogP contribution in [0.4, 0.5) is 0 Å². The summed E-state index contributed by atoms with van der Waals surface area (Å²) in [7, 11) is 0. The number of ether oxygens (including phenoxy) is 1. The third-order valence-electron chi connectivity index (χ3n) is 7.07. The van der Waals surface area contributed by atoms with E-state index in [1.807, 2.05) is 73.3 Å². The molecule has 0 radical (unpaired) electrons. The first-order chi connectivity index (χ1) is 18.4. The lowest BCUT2D eigenvalue weighted by molar-refractivity contribution is 0.0730. The number of hydrogen-bond acceptors (Lipinski definition) is 4. The van der Waals surface area contributed by atoms with E-state index in [4.69, 9.17) is 16.3 Å². The Morgan fingerprint density at radius 2 is 1.84 bits per heavy atom. The van der Waals surface area contributed by atoms with E-state index in [9.17, 15) is 9.90 Å². The monoisotopic (exact) mass is 529 g/mol. The number of aromatic nitrogens is 2. The van der Waals surface area contributed by atoms with Crippen molar-refractivity contribution in [3.63, 3.8) is 0 Å². The average Bonchev–Trinajstić information content (AvgIpc) is 3.42. The average molecular weight is 530 g/mol. The maximum absolute atomic E-state index is 13.8. The van der Waals surface area contributed by atoms with Gasteiger partial charge in [-0.1, -0.05) is 67.8 Å². The molecule has 1 unspecified atom stereocenters. The first-order valence-corrected chi connectivity index (χ1v) is 13.4. The molecule has 2 N–H and O–H groups in total. The van der Waals surface area contributed by atoms with Crippen molar-refractivity contribution in [1.29, 1.82) is 0 Å². The highest BCUT2D eigenvalue weighted by atomic mass is 35.5. The van der Waals surface area contributed by atoms with Gasteiger partial charge in [0.25, 0.3) is 5.91 Å². The Balaban J connectivity index is 1.58. The van der Waals surface area contributed by atoms with Gasteiger partial charge in [-0.15, -0.1) is 0 Å². The maximum Gasteiger partial charge on any atom is 0.273 e. The van der Waals surface area contributed by atoms with E-state index in [0.717, 1.165) is 52.8 Å². The van der Waals surface area contributed by atoms with Crippen LogP contribution in [-0.2, 0) is 6.54 Å². The van der Waals surface area contributed by atoms with Gasteiger partial charge in [-0.3, -0.25) is 9.89 Å². The molecule has 1 aromatic heterocycles. The van der Waals surface area contributed by atoms with Gasteiger partial charge in [0, 0.05) is 22.7 Å². The van der Waals surface area contributed by atoms with Gasteiger partial charge < -0.3 is 14.7 Å². The number of phenolic OH excluding ortho intramolecular Hbond substituents is 1. The number of nitrogens with one attached hydrogen (secondary N) is 1. The van der Waals surface area contributed by atoms with Gasteiger partial charge in [0.05, 0.1) is 12.6 Å². The molecule has 0 bridgehead atoms. The van der Waals surface area contributed by atoms with Crippen LogP contribution in [0.5, 0.6) is 11.5 Å². The van der Waals surface area contributed by atoms with Crippen LogP contribution < -0.4 is 4.74 Å². The van der Waals surface area contributed by atoms with Crippen LogP contribution >= 0.6 is 11.6 Å². The molecule has 38 heavy (non-hydrogen) atoms. The summed E-state index contributed by atoms with van der Waals surface area (Å²) in [5.74, 6) is 0.780. The Bertz CT molecular complexity index is 1440. The van der Waals surface area contributed by atoms with Gasteiger partial charge in [0.15, 0.2) is 0 Å². The predicted octanol–water partition coefficient (Wildman–Crippen LogP) is 7.37. The molecule has 3 aromatic carbocycles. The molecule has 6 nitrogen and oxygen atoms in total. The van der Waals surface area contributed by atoms with Crippen LogP contribution in [-0.4, -0.2) is 32.7 Å². The predicted molar refractivity (Wildman–Crippen MR) is 150 cm³/mol. The van der Waals surface area contributed by atoms with Gasteiger partial charge in [0.1, 0.15) is 22.9 Å². The summed E-state index contributed by atoms with van der Waals surface area (Å²) < 4.78 is 5.93. The second-order valence-electron chi connectivity index (χ2n) is 9.89. The fraction of sp³-hybridized carbons (Fsp3) is 0.290. The zero-order valence-corrected chi connectivity index (χ0v) is 22.7. The molecule has 196 valence electrons. The SMILES string of the molecule is CCCCCOc1ccc(C2c3c(-c4c(C)cc(C)cc4O)n[nH]c3C(=O)N2Cc2ccccc2Cl)cc1. The summed E-state index contributed by atoms with van der Waals surface area (Å²) in [6.07, 6.45) is 3.30. The number of nitrogens with zero attached hydrogens (tertiary/aromatic N) is 2. The molecule has 1 aliphatic rings. The number of unbranched alkanes of at least 4 members (excludes halogenated alkanes) is 2. The van der Waals surface area contributed by atoms with Crippen molar-refractivity contribution in [2.75, 3.05) is 6.61 Å². The highest BCUT2D eigenvalue weighted by Crippen LogP contribution is 2.46. The summed E-state index contributed by atoms with van der Waals surface area (Å²) in [5.41, 5.74) is 6.02. The summed E-state index contributed by atoms with van der Waals surface area (Å²) in [4.78, 5) is 15.6. The van der Waals surface area contributed by atoms with Gasteiger partial charge in [-0.05, 0) is 66.8 Å². The van der Waals surface area contributed by atoms with E-state index in [-0.39, 0.29) is 11.7 Å². The Kier molecular flexibility index (Phi) is 7.43. The lowest BCUT2D eigenvalue weighted by Gasteiger charge is -2.27. The molecule has 2 heterocycles. The van der Waals surface area contributed by atoms with Crippen molar-refractivity contribution >= 4 is 17.5 Å². The Morgan fingerprint density at radius 3 is 2.55 bits per heavy atom. The molecule has 0 saturated heterocycles. The zero-order valence-electron chi connectivity index (χ0n) is 21.9. The summed E-state index contributed by atoms with van der Waals surface area (Å²) in [6.45, 7) is 7.06. The third-order valence-corrected chi connectivity index (χ3v) is 7.44. The molecular formula is C31H32ClN3O3. The first kappa shape index (κ1) is 25.9. The lowest BCUT2D eigenvalue weighted by atomic mass is 9.93. The zero-order chi connectivity index (χ0) is 26.8. The minimum absolute atomic E-state index is 0.142. The number of phenols is 1. The molecule has 4 aromatic rings. The van der Waals surface area contributed by atoms with E-state index in [0.29, 0.717) is 35.1 Å². The largest absolute Gasteiger partial charge is 0.507 e. The molecular weight excluding hydrogens is 498 g/mol. The van der Waals surface area contributed by atoms with Crippen LogP contribution in [0, 0.1) is 13.8 Å². The Morgan fingerprint density at radius 1 is 1.08 bits per heavy atom. The number of carbonyl (C=O) groups is 1. The number of rotatable bonds is 9. The summed E-state index contributed by atoms with van der Waals surface area (Å²) >= 11 is 6.50. The Labute approximate surface area is 228 Å². The van der Waals surface area contributed by atoms with Gasteiger partial charge in [-0.25, -0.2) is 0 Å². The van der Waals surface area contributed by atoms with Crippen molar-refractivity contribution in [2.24, 2.45) is 0 Å². The third kappa shape index (κ3) is 4.88. The Hall–Kier alpha value is -3.77. The second-order valence-corrected chi connectivity index (χ2v) is 10.3. The lowest BCUT2D eigenvalue weighted by Crippen LogP contribution is -2.29. The number of halogens is 1. The molecule has 0 fully saturated rings. The maximum atomic E-state index is 13.8. The molecule has 0 spiro atoms. The van der Waals surface area contributed by atoms with Crippen LogP contribution in [0.2, 0.25) is 5.02 Å².